The predicted molar refractivity (Wildman–Crippen MR) is 125 cm³/mol. The van der Waals surface area contributed by atoms with Crippen LogP contribution in [0.2, 0.25) is 0 Å². The topological polar surface area (TPSA) is 86.2 Å². The van der Waals surface area contributed by atoms with Gasteiger partial charge in [0.1, 0.15) is 5.75 Å². The molecule has 7 nitrogen and oxygen atoms in total. The van der Waals surface area contributed by atoms with E-state index < -0.39 is 5.97 Å². The van der Waals surface area contributed by atoms with Gasteiger partial charge in [-0.25, -0.2) is 10.2 Å². The second-order valence-electron chi connectivity index (χ2n) is 6.21. The zero-order valence-corrected chi connectivity index (χ0v) is 19.0. The molecule has 158 valence electrons. The van der Waals surface area contributed by atoms with Crippen LogP contribution in [0.15, 0.2) is 71.8 Å². The van der Waals surface area contributed by atoms with Crippen molar-refractivity contribution in [2.45, 2.75) is 0 Å². The number of ether oxygens (including phenoxy) is 3. The molecular formula is C23H19IN2O5. The minimum absolute atomic E-state index is 0.267. The molecule has 3 aromatic carbocycles. The van der Waals surface area contributed by atoms with Crippen LogP contribution in [0.5, 0.6) is 17.2 Å². The molecule has 0 saturated carbocycles. The van der Waals surface area contributed by atoms with Gasteiger partial charge in [-0.1, -0.05) is 12.1 Å². The zero-order chi connectivity index (χ0) is 22.2. The summed E-state index contributed by atoms with van der Waals surface area (Å²) in [5.41, 5.74) is 4.07. The number of hydrazone groups is 1. The van der Waals surface area contributed by atoms with E-state index >= 15 is 0 Å². The number of hydrogen-bond acceptors (Lipinski definition) is 6. The Kier molecular flexibility index (Phi) is 7.60. The average molecular weight is 530 g/mol. The highest BCUT2D eigenvalue weighted by molar-refractivity contribution is 14.1. The summed E-state index contributed by atoms with van der Waals surface area (Å²) in [6.07, 6.45) is 1.48. The fourth-order valence-corrected chi connectivity index (χ4v) is 3.24. The molecule has 31 heavy (non-hydrogen) atoms. The van der Waals surface area contributed by atoms with Crippen molar-refractivity contribution >= 4 is 40.7 Å². The molecule has 0 saturated heterocycles. The molecule has 0 fully saturated rings. The van der Waals surface area contributed by atoms with Gasteiger partial charge in [-0.3, -0.25) is 4.79 Å². The lowest BCUT2D eigenvalue weighted by Gasteiger charge is -2.10. The lowest BCUT2D eigenvalue weighted by atomic mass is 10.2. The number of carbonyl (C=O) groups is 2. The van der Waals surface area contributed by atoms with Crippen LogP contribution < -0.4 is 19.6 Å². The van der Waals surface area contributed by atoms with Crippen LogP contribution in [0.25, 0.3) is 0 Å². The standard InChI is InChI=1S/C23H19IN2O5/c1-29-17-10-8-16(9-11-17)23(28)31-20-12-7-15(13-21(20)30-2)14-25-26-22(27)18-5-3-4-6-19(18)24/h3-14H,1-2H3,(H,26,27)/b25-14-. The van der Waals surface area contributed by atoms with Gasteiger partial charge in [-0.05, 0) is 82.8 Å². The number of methoxy groups -OCH3 is 2. The smallest absolute Gasteiger partial charge is 0.343 e. The van der Waals surface area contributed by atoms with E-state index in [1.807, 2.05) is 12.1 Å². The summed E-state index contributed by atoms with van der Waals surface area (Å²) in [4.78, 5) is 24.6. The van der Waals surface area contributed by atoms with Gasteiger partial charge < -0.3 is 14.2 Å². The Morgan fingerprint density at radius 1 is 0.935 bits per heavy atom. The first-order chi connectivity index (χ1) is 15.0. The van der Waals surface area contributed by atoms with Crippen molar-refractivity contribution < 1.29 is 23.8 Å². The fraction of sp³-hybridized carbons (Fsp3) is 0.0870. The van der Waals surface area contributed by atoms with E-state index in [2.05, 4.69) is 33.1 Å². The van der Waals surface area contributed by atoms with Gasteiger partial charge in [0.15, 0.2) is 11.5 Å². The van der Waals surface area contributed by atoms with Crippen LogP contribution in [-0.4, -0.2) is 32.3 Å². The molecule has 0 heterocycles. The number of benzene rings is 3. The van der Waals surface area contributed by atoms with Gasteiger partial charge >= 0.3 is 5.97 Å². The molecule has 0 bridgehead atoms. The van der Waals surface area contributed by atoms with Crippen LogP contribution in [-0.2, 0) is 0 Å². The first-order valence-corrected chi connectivity index (χ1v) is 10.2. The molecular weight excluding hydrogens is 511 g/mol. The quantitative estimate of drug-likeness (QED) is 0.162. The van der Waals surface area contributed by atoms with Crippen LogP contribution in [0.3, 0.4) is 0 Å². The Hall–Kier alpha value is -3.40. The van der Waals surface area contributed by atoms with Crippen molar-refractivity contribution in [3.05, 3.63) is 87.0 Å². The fourth-order valence-electron chi connectivity index (χ4n) is 2.61. The molecule has 0 aromatic heterocycles. The second-order valence-corrected chi connectivity index (χ2v) is 7.37. The largest absolute Gasteiger partial charge is 0.497 e. The third-order valence-corrected chi connectivity index (χ3v) is 5.15. The Bertz CT molecular complexity index is 1110. The minimum Gasteiger partial charge on any atom is -0.497 e. The molecule has 1 amide bonds. The SMILES string of the molecule is COc1ccc(C(=O)Oc2ccc(/C=N\NC(=O)c3ccccc3I)cc2OC)cc1. The van der Waals surface area contributed by atoms with Crippen molar-refractivity contribution in [3.63, 3.8) is 0 Å². The van der Waals surface area contributed by atoms with Crippen molar-refractivity contribution in [1.82, 2.24) is 5.43 Å². The zero-order valence-electron chi connectivity index (χ0n) is 16.8. The summed E-state index contributed by atoms with van der Waals surface area (Å²) in [6.45, 7) is 0. The van der Waals surface area contributed by atoms with Gasteiger partial charge in [-0.15, -0.1) is 0 Å². The normalized spacial score (nSPS) is 10.5. The van der Waals surface area contributed by atoms with Gasteiger partial charge in [0.2, 0.25) is 0 Å². The van der Waals surface area contributed by atoms with Gasteiger partial charge in [0, 0.05) is 3.57 Å². The number of esters is 1. The Labute approximate surface area is 193 Å². The molecule has 3 rings (SSSR count). The molecule has 0 atom stereocenters. The van der Waals surface area contributed by atoms with Gasteiger partial charge in [0.25, 0.3) is 5.91 Å². The number of rotatable bonds is 7. The van der Waals surface area contributed by atoms with Gasteiger partial charge in [0.05, 0.1) is 31.6 Å². The summed E-state index contributed by atoms with van der Waals surface area (Å²) in [6, 6.07) is 18.8. The number of nitrogens with one attached hydrogen (secondary N) is 1. The van der Waals surface area contributed by atoms with E-state index in [9.17, 15) is 9.59 Å². The highest BCUT2D eigenvalue weighted by atomic mass is 127. The third kappa shape index (κ3) is 5.82. The summed E-state index contributed by atoms with van der Waals surface area (Å²) in [7, 11) is 3.02. The third-order valence-electron chi connectivity index (χ3n) is 4.21. The first-order valence-electron chi connectivity index (χ1n) is 9.14. The molecule has 0 radical (unpaired) electrons. The van der Waals surface area contributed by atoms with Crippen LogP contribution in [0.4, 0.5) is 0 Å². The summed E-state index contributed by atoms with van der Waals surface area (Å²) in [5.74, 6) is 0.440. The minimum atomic E-state index is -0.521. The van der Waals surface area contributed by atoms with E-state index in [4.69, 9.17) is 14.2 Å². The molecule has 0 spiro atoms. The van der Waals surface area contributed by atoms with Crippen LogP contribution >= 0.6 is 22.6 Å². The van der Waals surface area contributed by atoms with E-state index in [0.717, 1.165) is 3.57 Å². The summed E-state index contributed by atoms with van der Waals surface area (Å²) in [5, 5.41) is 3.99. The molecule has 8 heteroatoms. The predicted octanol–water partition coefficient (Wildman–Crippen LogP) is 4.29. The number of carbonyl (C=O) groups excluding carboxylic acids is 2. The first kappa shape index (κ1) is 22.3. The molecule has 0 unspecified atom stereocenters. The molecule has 1 N–H and O–H groups in total. The maximum absolute atomic E-state index is 12.4. The lowest BCUT2D eigenvalue weighted by Crippen LogP contribution is -2.18. The van der Waals surface area contributed by atoms with Crippen molar-refractivity contribution in [1.29, 1.82) is 0 Å². The van der Waals surface area contributed by atoms with Crippen molar-refractivity contribution in [3.8, 4) is 17.2 Å². The second kappa shape index (κ2) is 10.6. The maximum atomic E-state index is 12.4. The summed E-state index contributed by atoms with van der Waals surface area (Å²) >= 11 is 2.09. The monoisotopic (exact) mass is 530 g/mol. The Morgan fingerprint density at radius 2 is 1.68 bits per heavy atom. The number of amides is 1. The Morgan fingerprint density at radius 3 is 2.35 bits per heavy atom. The highest BCUT2D eigenvalue weighted by Gasteiger charge is 2.13. The molecule has 0 aliphatic rings. The summed E-state index contributed by atoms with van der Waals surface area (Å²) < 4.78 is 16.7. The van der Waals surface area contributed by atoms with Crippen molar-refractivity contribution in [2.75, 3.05) is 14.2 Å². The lowest BCUT2D eigenvalue weighted by molar-refractivity contribution is 0.0729. The van der Waals surface area contributed by atoms with Crippen molar-refractivity contribution in [2.24, 2.45) is 5.10 Å². The Balaban J connectivity index is 1.67. The van der Waals surface area contributed by atoms with E-state index in [-0.39, 0.29) is 11.7 Å². The highest BCUT2D eigenvalue weighted by Crippen LogP contribution is 2.28. The number of nitrogens with zero attached hydrogens (tertiary/aromatic N) is 1. The number of hydrogen-bond donors (Lipinski definition) is 1. The molecule has 0 aliphatic heterocycles. The van der Waals surface area contributed by atoms with E-state index in [1.54, 1.807) is 61.7 Å². The van der Waals surface area contributed by atoms with E-state index in [1.165, 1.54) is 13.3 Å². The van der Waals surface area contributed by atoms with Crippen LogP contribution in [0, 0.1) is 3.57 Å². The van der Waals surface area contributed by atoms with Gasteiger partial charge in [-0.2, -0.15) is 5.10 Å². The molecule has 3 aromatic rings. The average Bonchev–Trinajstić information content (AvgIpc) is 2.80. The number of halogens is 1. The maximum Gasteiger partial charge on any atom is 0.343 e. The molecule has 0 aliphatic carbocycles. The van der Waals surface area contributed by atoms with E-state index in [0.29, 0.717) is 28.2 Å². The van der Waals surface area contributed by atoms with Crippen LogP contribution in [0.1, 0.15) is 26.3 Å².